The van der Waals surface area contributed by atoms with Crippen molar-refractivity contribution in [2.24, 2.45) is 0 Å². The van der Waals surface area contributed by atoms with Crippen LogP contribution in [0.3, 0.4) is 0 Å². The van der Waals surface area contributed by atoms with Crippen LogP contribution in [0, 0.1) is 6.07 Å². The smallest absolute Gasteiger partial charge is 0.202 e. The molecule has 55 valence electrons. The molecule has 0 atom stereocenters. The first-order valence-electron chi connectivity index (χ1n) is 3.03. The predicted molar refractivity (Wildman–Crippen MR) is 45.1 cm³/mol. The molecule has 1 aromatic carbocycles. The van der Waals surface area contributed by atoms with Gasteiger partial charge in [0.1, 0.15) is 5.58 Å². The summed E-state index contributed by atoms with van der Waals surface area (Å²) in [6.45, 7) is 0. The summed E-state index contributed by atoms with van der Waals surface area (Å²) in [5.41, 5.74) is 0.669. The molecule has 0 spiro atoms. The molecule has 2 aromatic rings. The second kappa shape index (κ2) is 2.43. The molecule has 0 unspecified atom stereocenters. The molecule has 0 bridgehead atoms. The Bertz CT molecular complexity index is 392. The lowest BCUT2D eigenvalue weighted by Gasteiger charge is -1.87. The highest BCUT2D eigenvalue weighted by molar-refractivity contribution is 6.36. The van der Waals surface area contributed by atoms with Crippen molar-refractivity contribution in [3.8, 4) is 0 Å². The first kappa shape index (κ1) is 7.01. The van der Waals surface area contributed by atoms with Crippen LogP contribution in [-0.4, -0.2) is 0 Å². The molecule has 1 heterocycles. The van der Waals surface area contributed by atoms with Gasteiger partial charge in [0, 0.05) is 5.39 Å². The van der Waals surface area contributed by atoms with Gasteiger partial charge in [-0.05, 0) is 23.7 Å². The number of benzene rings is 1. The summed E-state index contributed by atoms with van der Waals surface area (Å²) in [4.78, 5) is 0. The van der Waals surface area contributed by atoms with E-state index < -0.39 is 0 Å². The zero-order valence-electron chi connectivity index (χ0n) is 5.40. The maximum Gasteiger partial charge on any atom is 0.202 e. The van der Waals surface area contributed by atoms with E-state index >= 15 is 0 Å². The highest BCUT2D eigenvalue weighted by atomic mass is 35.5. The number of rotatable bonds is 0. The van der Waals surface area contributed by atoms with Crippen LogP contribution in [-0.2, 0) is 0 Å². The summed E-state index contributed by atoms with van der Waals surface area (Å²) >= 11 is 11.4. The third kappa shape index (κ3) is 1.10. The SMILES string of the molecule is Clc1[c]c2c(Cl)cccc2o1. The fourth-order valence-corrected chi connectivity index (χ4v) is 1.32. The van der Waals surface area contributed by atoms with E-state index in [0.717, 1.165) is 5.39 Å². The van der Waals surface area contributed by atoms with Crippen molar-refractivity contribution in [2.45, 2.75) is 0 Å². The molecule has 0 amide bonds. The molecular weight excluding hydrogens is 183 g/mol. The predicted octanol–water partition coefficient (Wildman–Crippen LogP) is 3.54. The van der Waals surface area contributed by atoms with Crippen molar-refractivity contribution in [1.29, 1.82) is 0 Å². The zero-order valence-corrected chi connectivity index (χ0v) is 6.91. The van der Waals surface area contributed by atoms with Crippen LogP contribution in [0.15, 0.2) is 22.6 Å². The van der Waals surface area contributed by atoms with Crippen molar-refractivity contribution in [3.63, 3.8) is 0 Å². The van der Waals surface area contributed by atoms with Gasteiger partial charge in [0.05, 0.1) is 11.1 Å². The van der Waals surface area contributed by atoms with Crippen LogP contribution in [0.2, 0.25) is 10.2 Å². The summed E-state index contributed by atoms with van der Waals surface area (Å²) in [5, 5.41) is 1.59. The van der Waals surface area contributed by atoms with Gasteiger partial charge in [-0.25, -0.2) is 0 Å². The van der Waals surface area contributed by atoms with Crippen LogP contribution in [0.4, 0.5) is 0 Å². The van der Waals surface area contributed by atoms with Crippen molar-refractivity contribution in [3.05, 3.63) is 34.5 Å². The van der Waals surface area contributed by atoms with Crippen molar-refractivity contribution < 1.29 is 4.42 Å². The molecule has 1 aromatic heterocycles. The Morgan fingerprint density at radius 3 is 2.82 bits per heavy atom. The van der Waals surface area contributed by atoms with Gasteiger partial charge in [-0.1, -0.05) is 17.7 Å². The second-order valence-corrected chi connectivity index (χ2v) is 2.86. The minimum absolute atomic E-state index is 0.244. The number of halogens is 2. The van der Waals surface area contributed by atoms with E-state index in [9.17, 15) is 0 Å². The van der Waals surface area contributed by atoms with Gasteiger partial charge in [-0.3, -0.25) is 0 Å². The average molecular weight is 186 g/mol. The molecule has 0 saturated heterocycles. The van der Waals surface area contributed by atoms with E-state index in [1.807, 2.05) is 0 Å². The van der Waals surface area contributed by atoms with Gasteiger partial charge in [-0.2, -0.15) is 0 Å². The van der Waals surface area contributed by atoms with Crippen molar-refractivity contribution in [1.82, 2.24) is 0 Å². The van der Waals surface area contributed by atoms with E-state index in [1.54, 1.807) is 18.2 Å². The Balaban J connectivity index is 2.90. The van der Waals surface area contributed by atoms with Crippen LogP contribution in [0.5, 0.6) is 0 Å². The van der Waals surface area contributed by atoms with E-state index in [2.05, 4.69) is 6.07 Å². The Hall–Kier alpha value is -0.660. The number of fused-ring (bicyclic) bond motifs is 1. The van der Waals surface area contributed by atoms with Crippen LogP contribution >= 0.6 is 23.2 Å². The molecule has 0 fully saturated rings. The van der Waals surface area contributed by atoms with Gasteiger partial charge in [0.25, 0.3) is 0 Å². The third-order valence-electron chi connectivity index (χ3n) is 1.40. The topological polar surface area (TPSA) is 13.1 Å². The molecule has 3 heteroatoms. The van der Waals surface area contributed by atoms with Gasteiger partial charge >= 0.3 is 0 Å². The fraction of sp³-hybridized carbons (Fsp3) is 0. The molecule has 0 aliphatic carbocycles. The number of furan rings is 1. The van der Waals surface area contributed by atoms with Gasteiger partial charge in [-0.15, -0.1) is 0 Å². The molecule has 0 aliphatic rings. The summed E-state index contributed by atoms with van der Waals surface area (Å²) < 4.78 is 5.07. The molecule has 2 rings (SSSR count). The first-order valence-corrected chi connectivity index (χ1v) is 3.79. The molecule has 0 N–H and O–H groups in total. The minimum atomic E-state index is 0.244. The molecule has 0 aliphatic heterocycles. The Labute approximate surface area is 73.5 Å². The maximum atomic E-state index is 5.82. The zero-order chi connectivity index (χ0) is 7.84. The van der Waals surface area contributed by atoms with E-state index in [4.69, 9.17) is 27.6 Å². The highest BCUT2D eigenvalue weighted by Gasteiger charge is 2.03. The fourth-order valence-electron chi connectivity index (χ4n) is 0.931. The third-order valence-corrected chi connectivity index (χ3v) is 1.88. The highest BCUT2D eigenvalue weighted by Crippen LogP contribution is 2.27. The van der Waals surface area contributed by atoms with Crippen LogP contribution in [0.25, 0.3) is 11.0 Å². The Kier molecular flexibility index (Phi) is 1.55. The van der Waals surface area contributed by atoms with E-state index in [-0.39, 0.29) is 5.22 Å². The quantitative estimate of drug-likeness (QED) is 0.613. The van der Waals surface area contributed by atoms with Crippen molar-refractivity contribution in [2.75, 3.05) is 0 Å². The molecule has 0 saturated carbocycles. The molecule has 11 heavy (non-hydrogen) atoms. The van der Waals surface area contributed by atoms with Gasteiger partial charge < -0.3 is 4.42 Å². The second-order valence-electron chi connectivity index (χ2n) is 2.11. The molecular formula is C8H3Cl2O. The maximum absolute atomic E-state index is 5.82. The number of hydrogen-bond donors (Lipinski definition) is 0. The van der Waals surface area contributed by atoms with Gasteiger partial charge in [0.2, 0.25) is 5.22 Å². The van der Waals surface area contributed by atoms with E-state index in [1.165, 1.54) is 0 Å². The molecule has 1 nitrogen and oxygen atoms in total. The normalized spacial score (nSPS) is 10.7. The lowest BCUT2D eigenvalue weighted by molar-refractivity contribution is 0.617. The summed E-state index contributed by atoms with van der Waals surface area (Å²) in [6.07, 6.45) is 0. The molecule has 1 radical (unpaired) electrons. The van der Waals surface area contributed by atoms with E-state index in [0.29, 0.717) is 10.6 Å². The summed E-state index contributed by atoms with van der Waals surface area (Å²) in [5.74, 6) is 0. The number of hydrogen-bond acceptors (Lipinski definition) is 1. The van der Waals surface area contributed by atoms with Gasteiger partial charge in [0.15, 0.2) is 0 Å². The van der Waals surface area contributed by atoms with Crippen molar-refractivity contribution >= 4 is 34.2 Å². The summed E-state index contributed by atoms with van der Waals surface area (Å²) in [6, 6.07) is 8.16. The van der Waals surface area contributed by atoms with Crippen LogP contribution in [0.1, 0.15) is 0 Å². The standard InChI is InChI=1S/C8H3Cl2O/c9-6-2-1-3-7-5(6)4-8(10)11-7/h1-3H. The Morgan fingerprint density at radius 2 is 2.09 bits per heavy atom. The summed E-state index contributed by atoms with van der Waals surface area (Å²) in [7, 11) is 0. The average Bonchev–Trinajstić information content (AvgIpc) is 2.31. The van der Waals surface area contributed by atoms with Crippen LogP contribution < -0.4 is 0 Å². The minimum Gasteiger partial charge on any atom is -0.444 e. The lowest BCUT2D eigenvalue weighted by atomic mass is 10.3. The largest absolute Gasteiger partial charge is 0.444 e. The lowest BCUT2D eigenvalue weighted by Crippen LogP contribution is -1.63. The Morgan fingerprint density at radius 1 is 1.27 bits per heavy atom. The monoisotopic (exact) mass is 185 g/mol. The first-order chi connectivity index (χ1) is 5.27.